The summed E-state index contributed by atoms with van der Waals surface area (Å²) in [6.07, 6.45) is 8.77. The van der Waals surface area contributed by atoms with Gasteiger partial charge in [0, 0.05) is 17.0 Å². The molecular formula is C22H30N4O3S. The van der Waals surface area contributed by atoms with E-state index in [0.29, 0.717) is 18.7 Å². The molecule has 6 unspecified atom stereocenters. The van der Waals surface area contributed by atoms with Gasteiger partial charge in [0.2, 0.25) is 0 Å². The molecule has 162 valence electrons. The zero-order chi connectivity index (χ0) is 20.4. The predicted octanol–water partition coefficient (Wildman–Crippen LogP) is 1.89. The Morgan fingerprint density at radius 1 is 1.10 bits per heavy atom. The number of nitrogens with zero attached hydrogens (tertiary/aromatic N) is 1. The molecule has 5 aliphatic rings. The van der Waals surface area contributed by atoms with Crippen LogP contribution in [-0.4, -0.2) is 48.9 Å². The number of rotatable bonds is 2. The van der Waals surface area contributed by atoms with E-state index in [4.69, 9.17) is 4.74 Å². The summed E-state index contributed by atoms with van der Waals surface area (Å²) in [7, 11) is 0. The second-order valence-corrected chi connectivity index (χ2v) is 10.4. The number of fused-ring (bicyclic) bond motifs is 8. The van der Waals surface area contributed by atoms with Crippen molar-refractivity contribution < 1.29 is 14.3 Å². The highest BCUT2D eigenvalue weighted by Gasteiger charge is 2.59. The summed E-state index contributed by atoms with van der Waals surface area (Å²) in [5.74, 6) is -0.647. The van der Waals surface area contributed by atoms with Crippen LogP contribution in [0.2, 0.25) is 0 Å². The smallest absolute Gasteiger partial charge is 0.314 e. The van der Waals surface area contributed by atoms with Crippen molar-refractivity contribution >= 4 is 28.2 Å². The van der Waals surface area contributed by atoms with Gasteiger partial charge in [-0.05, 0) is 51.0 Å². The number of hydrogen-bond donors (Lipinski definition) is 3. The Kier molecular flexibility index (Phi) is 4.58. The van der Waals surface area contributed by atoms with Crippen LogP contribution in [0.15, 0.2) is 0 Å². The van der Waals surface area contributed by atoms with Gasteiger partial charge < -0.3 is 20.3 Å². The fourth-order valence-electron chi connectivity index (χ4n) is 6.39. The number of nitrogens with one attached hydrogen (secondary N) is 3. The molecule has 3 fully saturated rings. The third kappa shape index (κ3) is 2.69. The first kappa shape index (κ1) is 19.1. The maximum absolute atomic E-state index is 13.2. The number of anilines is 1. The molecule has 3 N–H and O–H groups in total. The standard InChI is InChI=1S/C22H30N4O3S/c1-2-29-22(28)16-17-19(24-13-9-5-4-8-12(13)23-17)26-18(16)25-20(27)15-11-7-3-6-10-14(11)30-21(15)26/h12-13,16-19,23-24H,2-10H2,1H3,(H,25,27). The molecule has 0 spiro atoms. The SMILES string of the molecule is CCOC(=O)C1C2NC3CCCCC3NC2N2c3sc4c(c3C(=O)NC12)CCCC4. The largest absolute Gasteiger partial charge is 0.466 e. The monoisotopic (exact) mass is 430 g/mol. The molecule has 1 aromatic rings. The zero-order valence-electron chi connectivity index (χ0n) is 17.4. The van der Waals surface area contributed by atoms with Crippen molar-refractivity contribution in [3.63, 3.8) is 0 Å². The molecule has 2 saturated heterocycles. The molecule has 30 heavy (non-hydrogen) atoms. The number of amides is 1. The van der Waals surface area contributed by atoms with E-state index in [1.807, 2.05) is 6.92 Å². The van der Waals surface area contributed by atoms with Gasteiger partial charge in [0.1, 0.15) is 17.1 Å². The van der Waals surface area contributed by atoms with Crippen LogP contribution in [0, 0.1) is 5.92 Å². The molecule has 0 aromatic carbocycles. The normalized spacial score (nSPS) is 36.7. The minimum absolute atomic E-state index is 0.0109. The third-order valence-electron chi connectivity index (χ3n) is 7.68. The molecule has 7 nitrogen and oxygen atoms in total. The first-order valence-electron chi connectivity index (χ1n) is 11.6. The lowest BCUT2D eigenvalue weighted by Gasteiger charge is -2.46. The van der Waals surface area contributed by atoms with Crippen molar-refractivity contribution in [2.75, 3.05) is 11.5 Å². The van der Waals surface area contributed by atoms with Crippen LogP contribution in [0.25, 0.3) is 0 Å². The topological polar surface area (TPSA) is 82.7 Å². The summed E-state index contributed by atoms with van der Waals surface area (Å²) in [6, 6.07) is 0.723. The molecule has 0 radical (unpaired) electrons. The van der Waals surface area contributed by atoms with Gasteiger partial charge in [-0.15, -0.1) is 11.3 Å². The number of esters is 1. The zero-order valence-corrected chi connectivity index (χ0v) is 18.2. The Morgan fingerprint density at radius 3 is 2.67 bits per heavy atom. The van der Waals surface area contributed by atoms with Crippen molar-refractivity contribution in [1.29, 1.82) is 0 Å². The fraction of sp³-hybridized carbons (Fsp3) is 0.727. The van der Waals surface area contributed by atoms with Crippen LogP contribution >= 0.6 is 11.3 Å². The number of hydrogen-bond acceptors (Lipinski definition) is 7. The molecule has 6 atom stereocenters. The number of aryl methyl sites for hydroxylation is 1. The Hall–Kier alpha value is -1.64. The maximum Gasteiger partial charge on any atom is 0.314 e. The number of piperazine rings is 1. The molecule has 1 amide bonds. The summed E-state index contributed by atoms with van der Waals surface area (Å²) < 4.78 is 5.48. The van der Waals surface area contributed by atoms with Crippen molar-refractivity contribution in [2.24, 2.45) is 5.92 Å². The second-order valence-electron chi connectivity index (χ2n) is 9.30. The highest BCUT2D eigenvalue weighted by molar-refractivity contribution is 7.16. The molecule has 4 heterocycles. The van der Waals surface area contributed by atoms with Crippen LogP contribution in [0.1, 0.15) is 66.2 Å². The minimum atomic E-state index is -0.415. The molecule has 1 aromatic heterocycles. The summed E-state index contributed by atoms with van der Waals surface area (Å²) in [5, 5.41) is 12.0. The lowest BCUT2D eigenvalue weighted by atomic mass is 9.85. The van der Waals surface area contributed by atoms with Gasteiger partial charge in [-0.25, -0.2) is 0 Å². The average Bonchev–Trinajstić information content (AvgIpc) is 3.28. The van der Waals surface area contributed by atoms with Crippen LogP contribution in [0.3, 0.4) is 0 Å². The van der Waals surface area contributed by atoms with Crippen LogP contribution in [0.4, 0.5) is 5.00 Å². The van der Waals surface area contributed by atoms with E-state index in [1.54, 1.807) is 11.3 Å². The molecule has 2 aliphatic carbocycles. The van der Waals surface area contributed by atoms with E-state index in [9.17, 15) is 9.59 Å². The number of thiophene rings is 1. The van der Waals surface area contributed by atoms with Gasteiger partial charge in [0.05, 0.1) is 24.4 Å². The fourth-order valence-corrected chi connectivity index (χ4v) is 7.84. The molecule has 6 rings (SSSR count). The Balaban J connectivity index is 1.44. The first-order chi connectivity index (χ1) is 14.7. The van der Waals surface area contributed by atoms with Crippen molar-refractivity contribution in [3.05, 3.63) is 16.0 Å². The third-order valence-corrected chi connectivity index (χ3v) is 8.98. The average molecular weight is 431 g/mol. The van der Waals surface area contributed by atoms with Gasteiger partial charge in [0.25, 0.3) is 5.91 Å². The van der Waals surface area contributed by atoms with Crippen molar-refractivity contribution in [1.82, 2.24) is 16.0 Å². The lowest BCUT2D eigenvalue weighted by molar-refractivity contribution is -0.149. The van der Waals surface area contributed by atoms with E-state index >= 15 is 0 Å². The van der Waals surface area contributed by atoms with E-state index in [0.717, 1.165) is 42.7 Å². The summed E-state index contributed by atoms with van der Waals surface area (Å²) in [6.45, 7) is 2.20. The molecule has 0 bridgehead atoms. The minimum Gasteiger partial charge on any atom is -0.466 e. The number of ether oxygens (including phenoxy) is 1. The Labute approximate surface area is 180 Å². The number of carbonyl (C=O) groups excluding carboxylic acids is 2. The van der Waals surface area contributed by atoms with Crippen molar-refractivity contribution in [3.8, 4) is 0 Å². The van der Waals surface area contributed by atoms with Crippen molar-refractivity contribution in [2.45, 2.75) is 88.7 Å². The van der Waals surface area contributed by atoms with Gasteiger partial charge in [0.15, 0.2) is 0 Å². The van der Waals surface area contributed by atoms with Gasteiger partial charge in [-0.1, -0.05) is 12.8 Å². The van der Waals surface area contributed by atoms with Gasteiger partial charge in [-0.3, -0.25) is 14.9 Å². The Morgan fingerprint density at radius 2 is 1.87 bits per heavy atom. The van der Waals surface area contributed by atoms with E-state index in [2.05, 4.69) is 20.9 Å². The van der Waals surface area contributed by atoms with Gasteiger partial charge >= 0.3 is 5.97 Å². The number of carbonyl (C=O) groups is 2. The Bertz CT molecular complexity index is 886. The summed E-state index contributed by atoms with van der Waals surface area (Å²) in [5.41, 5.74) is 2.11. The van der Waals surface area contributed by atoms with E-state index < -0.39 is 5.92 Å². The van der Waals surface area contributed by atoms with Crippen LogP contribution in [0.5, 0.6) is 0 Å². The van der Waals surface area contributed by atoms with Gasteiger partial charge in [-0.2, -0.15) is 0 Å². The molecule has 3 aliphatic heterocycles. The highest BCUT2D eigenvalue weighted by atomic mass is 32.1. The summed E-state index contributed by atoms with van der Waals surface area (Å²) in [4.78, 5) is 30.0. The summed E-state index contributed by atoms with van der Waals surface area (Å²) >= 11 is 1.78. The first-order valence-corrected chi connectivity index (χ1v) is 12.4. The quantitative estimate of drug-likeness (QED) is 0.622. The second kappa shape index (κ2) is 7.21. The maximum atomic E-state index is 13.2. The predicted molar refractivity (Wildman–Crippen MR) is 115 cm³/mol. The molecule has 8 heteroatoms. The lowest BCUT2D eigenvalue weighted by Crippen LogP contribution is -2.69. The van der Waals surface area contributed by atoms with E-state index in [-0.39, 0.29) is 30.2 Å². The molecule has 1 saturated carbocycles. The highest BCUT2D eigenvalue weighted by Crippen LogP contribution is 2.48. The van der Waals surface area contributed by atoms with E-state index in [1.165, 1.54) is 29.7 Å². The van der Waals surface area contributed by atoms with Crippen LogP contribution in [-0.2, 0) is 22.4 Å². The molecular weight excluding hydrogens is 400 g/mol. The van der Waals surface area contributed by atoms with Crippen LogP contribution < -0.4 is 20.9 Å².